The van der Waals surface area contributed by atoms with Gasteiger partial charge in [-0.25, -0.2) is 9.78 Å². The lowest BCUT2D eigenvalue weighted by Gasteiger charge is -2.26. The van der Waals surface area contributed by atoms with E-state index in [0.29, 0.717) is 6.04 Å². The molecule has 5 heteroatoms. The Balaban J connectivity index is 1.92. The van der Waals surface area contributed by atoms with Crippen molar-refractivity contribution in [1.29, 1.82) is 0 Å². The maximum atomic E-state index is 10.8. The number of aromatic carboxylic acids is 1. The van der Waals surface area contributed by atoms with Crippen LogP contribution in [0.1, 0.15) is 54.0 Å². The van der Waals surface area contributed by atoms with Crippen molar-refractivity contribution in [3.05, 3.63) is 16.1 Å². The van der Waals surface area contributed by atoms with Gasteiger partial charge in [-0.1, -0.05) is 25.7 Å². The predicted molar refractivity (Wildman–Crippen MR) is 72.0 cm³/mol. The van der Waals surface area contributed by atoms with Gasteiger partial charge in [0.1, 0.15) is 0 Å². The van der Waals surface area contributed by atoms with E-state index in [1.165, 1.54) is 49.9 Å². The van der Waals surface area contributed by atoms with Crippen LogP contribution in [0.15, 0.2) is 5.38 Å². The van der Waals surface area contributed by atoms with Crippen LogP contribution in [0.25, 0.3) is 0 Å². The van der Waals surface area contributed by atoms with Gasteiger partial charge in [0.15, 0.2) is 0 Å². The van der Waals surface area contributed by atoms with Gasteiger partial charge in [0.25, 0.3) is 0 Å². The molecule has 2 rings (SSSR count). The minimum absolute atomic E-state index is 0.194. The molecule has 1 heterocycles. The molecule has 18 heavy (non-hydrogen) atoms. The van der Waals surface area contributed by atoms with Crippen molar-refractivity contribution < 1.29 is 9.90 Å². The molecule has 0 aliphatic heterocycles. The molecular formula is C13H20N2O2S. The third kappa shape index (κ3) is 3.53. The fourth-order valence-corrected chi connectivity index (χ4v) is 3.21. The van der Waals surface area contributed by atoms with Crippen LogP contribution in [0, 0.1) is 0 Å². The van der Waals surface area contributed by atoms with Crippen LogP contribution in [0.4, 0.5) is 0 Å². The van der Waals surface area contributed by atoms with Gasteiger partial charge >= 0.3 is 5.97 Å². The summed E-state index contributed by atoms with van der Waals surface area (Å²) in [6, 6.07) is 0.627. The first-order valence-electron chi connectivity index (χ1n) is 6.55. The molecule has 0 spiro atoms. The van der Waals surface area contributed by atoms with Crippen LogP contribution in [0.3, 0.4) is 0 Å². The molecule has 0 amide bonds. The molecule has 0 unspecified atom stereocenters. The molecule has 1 aliphatic rings. The zero-order chi connectivity index (χ0) is 13.0. The Morgan fingerprint density at radius 3 is 2.67 bits per heavy atom. The molecule has 1 fully saturated rings. The smallest absolute Gasteiger partial charge is 0.365 e. The fourth-order valence-electron chi connectivity index (χ4n) is 2.56. The highest BCUT2D eigenvalue weighted by molar-refractivity contribution is 7.11. The summed E-state index contributed by atoms with van der Waals surface area (Å²) in [5, 5.41) is 10.9. The molecule has 0 radical (unpaired) electrons. The Bertz CT molecular complexity index is 397. The van der Waals surface area contributed by atoms with E-state index < -0.39 is 5.97 Å². The normalized spacial score (nSPS) is 17.9. The number of hydrogen-bond donors (Lipinski definition) is 1. The largest absolute Gasteiger partial charge is 0.476 e. The van der Waals surface area contributed by atoms with E-state index in [-0.39, 0.29) is 5.01 Å². The molecule has 0 atom stereocenters. The topological polar surface area (TPSA) is 53.4 Å². The summed E-state index contributed by atoms with van der Waals surface area (Å²) in [5.74, 6) is -0.927. The van der Waals surface area contributed by atoms with Gasteiger partial charge in [0, 0.05) is 18.0 Å². The van der Waals surface area contributed by atoms with Gasteiger partial charge in [-0.2, -0.15) is 0 Å². The monoisotopic (exact) mass is 268 g/mol. The Hall–Kier alpha value is -0.940. The first-order chi connectivity index (χ1) is 8.66. The number of aromatic nitrogens is 1. The van der Waals surface area contributed by atoms with Crippen LogP contribution in [-0.2, 0) is 6.54 Å². The number of carboxylic acids is 1. The average molecular weight is 268 g/mol. The SMILES string of the molecule is CN(Cc1csc(C(=O)O)n1)C1CCCCCC1. The lowest BCUT2D eigenvalue weighted by Crippen LogP contribution is -2.30. The molecule has 1 saturated carbocycles. The van der Waals surface area contributed by atoms with Gasteiger partial charge in [-0.15, -0.1) is 11.3 Å². The number of carboxylic acid groups (broad SMARTS) is 1. The second-order valence-corrected chi connectivity index (χ2v) is 5.87. The van der Waals surface area contributed by atoms with E-state index in [9.17, 15) is 4.79 Å². The quantitative estimate of drug-likeness (QED) is 0.853. The molecule has 1 aromatic heterocycles. The van der Waals surface area contributed by atoms with Crippen molar-refractivity contribution in [3.63, 3.8) is 0 Å². The highest BCUT2D eigenvalue weighted by Gasteiger charge is 2.18. The molecule has 1 N–H and O–H groups in total. The lowest BCUT2D eigenvalue weighted by molar-refractivity contribution is 0.0696. The minimum Gasteiger partial charge on any atom is -0.476 e. The molecule has 1 aromatic rings. The maximum Gasteiger partial charge on any atom is 0.365 e. The number of rotatable bonds is 4. The Morgan fingerprint density at radius 2 is 2.11 bits per heavy atom. The van der Waals surface area contributed by atoms with Crippen molar-refractivity contribution in [3.8, 4) is 0 Å². The summed E-state index contributed by atoms with van der Waals surface area (Å²) in [4.78, 5) is 17.3. The summed E-state index contributed by atoms with van der Waals surface area (Å²) < 4.78 is 0. The van der Waals surface area contributed by atoms with Gasteiger partial charge in [0.2, 0.25) is 5.01 Å². The molecule has 1 aliphatic carbocycles. The van der Waals surface area contributed by atoms with E-state index in [0.717, 1.165) is 12.2 Å². The van der Waals surface area contributed by atoms with E-state index in [4.69, 9.17) is 5.11 Å². The summed E-state index contributed by atoms with van der Waals surface area (Å²) in [6.07, 6.45) is 7.84. The van der Waals surface area contributed by atoms with E-state index in [1.807, 2.05) is 5.38 Å². The summed E-state index contributed by atoms with van der Waals surface area (Å²) >= 11 is 1.21. The van der Waals surface area contributed by atoms with Crippen LogP contribution in [-0.4, -0.2) is 34.0 Å². The maximum absolute atomic E-state index is 10.8. The molecule has 0 saturated heterocycles. The fraction of sp³-hybridized carbons (Fsp3) is 0.692. The van der Waals surface area contributed by atoms with Crippen molar-refractivity contribution >= 4 is 17.3 Å². The highest BCUT2D eigenvalue weighted by atomic mass is 32.1. The van der Waals surface area contributed by atoms with Crippen molar-refractivity contribution in [2.75, 3.05) is 7.05 Å². The van der Waals surface area contributed by atoms with Crippen LogP contribution < -0.4 is 0 Å². The molecule has 100 valence electrons. The number of thiazole rings is 1. The molecule has 4 nitrogen and oxygen atoms in total. The standard InChI is InChI=1S/C13H20N2O2S/c1-15(11-6-4-2-3-5-7-11)8-10-9-18-12(14-10)13(16)17/h9,11H,2-8H2,1H3,(H,16,17). The second kappa shape index (κ2) is 6.29. The lowest BCUT2D eigenvalue weighted by atomic mass is 10.1. The van der Waals surface area contributed by atoms with Crippen LogP contribution in [0.2, 0.25) is 0 Å². The van der Waals surface area contributed by atoms with Gasteiger partial charge in [-0.05, 0) is 19.9 Å². The van der Waals surface area contributed by atoms with E-state index in [1.54, 1.807) is 0 Å². The van der Waals surface area contributed by atoms with Crippen molar-refractivity contribution in [2.24, 2.45) is 0 Å². The third-order valence-corrected chi connectivity index (χ3v) is 4.47. The highest BCUT2D eigenvalue weighted by Crippen LogP contribution is 2.22. The first-order valence-corrected chi connectivity index (χ1v) is 7.42. The number of carbonyl (C=O) groups is 1. The van der Waals surface area contributed by atoms with E-state index in [2.05, 4.69) is 16.9 Å². The van der Waals surface area contributed by atoms with Gasteiger partial charge < -0.3 is 5.11 Å². The van der Waals surface area contributed by atoms with E-state index >= 15 is 0 Å². The zero-order valence-corrected chi connectivity index (χ0v) is 11.6. The zero-order valence-electron chi connectivity index (χ0n) is 10.8. The van der Waals surface area contributed by atoms with Crippen LogP contribution in [0.5, 0.6) is 0 Å². The van der Waals surface area contributed by atoms with Crippen molar-refractivity contribution in [2.45, 2.75) is 51.1 Å². The van der Waals surface area contributed by atoms with Crippen molar-refractivity contribution in [1.82, 2.24) is 9.88 Å². The summed E-state index contributed by atoms with van der Waals surface area (Å²) in [6.45, 7) is 0.758. The first kappa shape index (κ1) is 13.5. The predicted octanol–water partition coefficient (Wildman–Crippen LogP) is 3.00. The summed E-state index contributed by atoms with van der Waals surface area (Å²) in [7, 11) is 2.12. The number of hydrogen-bond acceptors (Lipinski definition) is 4. The Kier molecular flexibility index (Phi) is 4.72. The molecule has 0 aromatic carbocycles. The van der Waals surface area contributed by atoms with Gasteiger partial charge in [-0.3, -0.25) is 4.90 Å². The van der Waals surface area contributed by atoms with Gasteiger partial charge in [0.05, 0.1) is 5.69 Å². The minimum atomic E-state index is -0.927. The Morgan fingerprint density at radius 1 is 1.44 bits per heavy atom. The molecular weight excluding hydrogens is 248 g/mol. The third-order valence-electron chi connectivity index (χ3n) is 3.59. The summed E-state index contributed by atoms with van der Waals surface area (Å²) in [5.41, 5.74) is 0.879. The molecule has 0 bridgehead atoms. The average Bonchev–Trinajstić information content (AvgIpc) is 2.64. The Labute approximate surface area is 112 Å². The van der Waals surface area contributed by atoms with Crippen LogP contribution >= 0.6 is 11.3 Å². The number of nitrogens with zero attached hydrogens (tertiary/aromatic N) is 2. The second-order valence-electron chi connectivity index (χ2n) is 5.01.